The molecule has 3 aromatic rings. The van der Waals surface area contributed by atoms with Crippen LogP contribution in [0, 0.1) is 5.92 Å². The molecule has 0 aromatic heterocycles. The van der Waals surface area contributed by atoms with E-state index in [1.165, 1.54) is 0 Å². The fourth-order valence-electron chi connectivity index (χ4n) is 3.55. The Morgan fingerprint density at radius 2 is 1.37 bits per heavy atom. The highest BCUT2D eigenvalue weighted by Crippen LogP contribution is 2.41. The van der Waals surface area contributed by atoms with Gasteiger partial charge in [-0.05, 0) is 40.8 Å². The quantitative estimate of drug-likeness (QED) is 0.603. The fraction of sp³-hybridized carbons (Fsp3) is 0.167. The summed E-state index contributed by atoms with van der Waals surface area (Å²) in [6, 6.07) is 27.7. The lowest BCUT2D eigenvalue weighted by Crippen LogP contribution is -2.36. The van der Waals surface area contributed by atoms with E-state index < -0.39 is 5.54 Å². The third-order valence-electron chi connectivity index (χ3n) is 5.04. The van der Waals surface area contributed by atoms with Gasteiger partial charge < -0.3 is 4.74 Å². The van der Waals surface area contributed by atoms with Crippen molar-refractivity contribution in [2.45, 2.75) is 19.4 Å². The lowest BCUT2D eigenvalue weighted by Gasteiger charge is -2.27. The van der Waals surface area contributed by atoms with Crippen molar-refractivity contribution < 1.29 is 9.53 Å². The Hall–Kier alpha value is -3.20. The van der Waals surface area contributed by atoms with Crippen LogP contribution in [0.25, 0.3) is 11.1 Å². The van der Waals surface area contributed by atoms with E-state index >= 15 is 0 Å². The van der Waals surface area contributed by atoms with Crippen LogP contribution in [0.5, 0.6) is 0 Å². The summed E-state index contributed by atoms with van der Waals surface area (Å²) in [7, 11) is 0. The first-order valence-corrected chi connectivity index (χ1v) is 9.15. The van der Waals surface area contributed by atoms with Crippen LogP contribution in [0.2, 0.25) is 0 Å². The van der Waals surface area contributed by atoms with Crippen molar-refractivity contribution in [1.82, 2.24) is 0 Å². The average Bonchev–Trinajstić information content (AvgIpc) is 3.08. The maximum Gasteiger partial charge on any atom is 0.345 e. The normalized spacial score (nSPS) is 19.1. The number of rotatable bonds is 4. The second-order valence-corrected chi connectivity index (χ2v) is 7.04. The van der Waals surface area contributed by atoms with Crippen LogP contribution in [-0.2, 0) is 15.1 Å². The van der Waals surface area contributed by atoms with Gasteiger partial charge in [0.25, 0.3) is 0 Å². The van der Waals surface area contributed by atoms with Crippen LogP contribution in [0.15, 0.2) is 89.9 Å². The molecule has 1 atom stereocenters. The van der Waals surface area contributed by atoms with Gasteiger partial charge in [0.2, 0.25) is 5.90 Å². The number of ether oxygens (including phenoxy) is 1. The van der Waals surface area contributed by atoms with E-state index in [-0.39, 0.29) is 11.9 Å². The Morgan fingerprint density at radius 3 is 2.00 bits per heavy atom. The molecular weight excluding hydrogens is 334 g/mol. The van der Waals surface area contributed by atoms with Gasteiger partial charge in [-0.3, -0.25) is 0 Å². The molecule has 3 heteroatoms. The Kier molecular flexibility index (Phi) is 4.36. The van der Waals surface area contributed by atoms with Crippen molar-refractivity contribution >= 4 is 11.9 Å². The van der Waals surface area contributed by atoms with Crippen molar-refractivity contribution in [3.8, 4) is 11.1 Å². The summed E-state index contributed by atoms with van der Waals surface area (Å²) in [6.07, 6.45) is 0. The molecule has 3 nitrogen and oxygen atoms in total. The molecule has 0 N–H and O–H groups in total. The first-order valence-electron chi connectivity index (χ1n) is 9.15. The summed E-state index contributed by atoms with van der Waals surface area (Å²) < 4.78 is 5.64. The molecule has 0 fully saturated rings. The number of esters is 1. The number of hydrogen-bond donors (Lipinski definition) is 0. The second kappa shape index (κ2) is 6.84. The van der Waals surface area contributed by atoms with E-state index in [2.05, 4.69) is 18.2 Å². The van der Waals surface area contributed by atoms with Crippen molar-refractivity contribution in [2.24, 2.45) is 10.9 Å². The maximum atomic E-state index is 13.0. The molecule has 27 heavy (non-hydrogen) atoms. The lowest BCUT2D eigenvalue weighted by atomic mass is 9.80. The van der Waals surface area contributed by atoms with E-state index in [4.69, 9.17) is 9.73 Å². The predicted molar refractivity (Wildman–Crippen MR) is 107 cm³/mol. The molecule has 1 aliphatic rings. The molecule has 0 saturated heterocycles. The maximum absolute atomic E-state index is 13.0. The monoisotopic (exact) mass is 355 g/mol. The number of aliphatic imine (C=N–C) groups is 1. The minimum absolute atomic E-state index is 0.0442. The van der Waals surface area contributed by atoms with Gasteiger partial charge in [0.15, 0.2) is 5.54 Å². The summed E-state index contributed by atoms with van der Waals surface area (Å²) in [5.41, 5.74) is 2.80. The third kappa shape index (κ3) is 2.95. The van der Waals surface area contributed by atoms with Crippen LogP contribution in [0.4, 0.5) is 0 Å². The SMILES string of the molecule is CC(C)[C@]1(c2cccc(-c3ccccc3)c2)N=C(c2ccccc2)OC1=O. The first-order chi connectivity index (χ1) is 13.1. The molecule has 0 aliphatic carbocycles. The van der Waals surface area contributed by atoms with E-state index in [1.54, 1.807) is 0 Å². The van der Waals surface area contributed by atoms with E-state index in [9.17, 15) is 4.79 Å². The Labute approximate surface area is 159 Å². The fourth-order valence-corrected chi connectivity index (χ4v) is 3.55. The van der Waals surface area contributed by atoms with Crippen molar-refractivity contribution in [3.05, 3.63) is 96.1 Å². The Balaban J connectivity index is 1.84. The molecule has 0 unspecified atom stereocenters. The van der Waals surface area contributed by atoms with Crippen molar-refractivity contribution in [2.75, 3.05) is 0 Å². The number of carbonyl (C=O) groups is 1. The van der Waals surface area contributed by atoms with Crippen LogP contribution in [0.1, 0.15) is 25.0 Å². The zero-order valence-corrected chi connectivity index (χ0v) is 15.4. The van der Waals surface area contributed by atoms with Crippen molar-refractivity contribution in [3.63, 3.8) is 0 Å². The molecule has 1 aliphatic heterocycles. The van der Waals surface area contributed by atoms with Gasteiger partial charge in [0.05, 0.1) is 0 Å². The van der Waals surface area contributed by atoms with E-state index in [1.807, 2.05) is 80.6 Å². The lowest BCUT2D eigenvalue weighted by molar-refractivity contribution is -0.141. The zero-order valence-electron chi connectivity index (χ0n) is 15.4. The van der Waals surface area contributed by atoms with Crippen LogP contribution in [-0.4, -0.2) is 11.9 Å². The van der Waals surface area contributed by atoms with Crippen LogP contribution < -0.4 is 0 Å². The highest BCUT2D eigenvalue weighted by atomic mass is 16.6. The van der Waals surface area contributed by atoms with Gasteiger partial charge in [-0.2, -0.15) is 0 Å². The number of cyclic esters (lactones) is 1. The topological polar surface area (TPSA) is 38.7 Å². The van der Waals surface area contributed by atoms with E-state index in [0.717, 1.165) is 22.3 Å². The standard InChI is InChI=1S/C24H21NO2/c1-17(2)24(23(26)27-22(25-24)19-12-7-4-8-13-19)21-15-9-14-20(16-21)18-10-5-3-6-11-18/h3-17H,1-2H3/t24-/m1/s1. The minimum Gasteiger partial charge on any atom is -0.405 e. The summed E-state index contributed by atoms with van der Waals surface area (Å²) in [6.45, 7) is 4.02. The molecule has 134 valence electrons. The summed E-state index contributed by atoms with van der Waals surface area (Å²) in [5, 5.41) is 0. The Bertz CT molecular complexity index is 993. The zero-order chi connectivity index (χ0) is 18.9. The molecule has 0 amide bonds. The smallest absolute Gasteiger partial charge is 0.345 e. The molecule has 0 saturated carbocycles. The summed E-state index contributed by atoms with van der Waals surface area (Å²) >= 11 is 0. The third-order valence-corrected chi connectivity index (χ3v) is 5.04. The van der Waals surface area contributed by atoms with Gasteiger partial charge in [0, 0.05) is 5.56 Å². The first kappa shape index (κ1) is 17.2. The molecule has 0 spiro atoms. The number of carbonyl (C=O) groups excluding carboxylic acids is 1. The molecule has 3 aromatic carbocycles. The second-order valence-electron chi connectivity index (χ2n) is 7.04. The predicted octanol–water partition coefficient (Wildman–Crippen LogP) is 5.21. The number of benzene rings is 3. The van der Waals surface area contributed by atoms with Crippen LogP contribution in [0.3, 0.4) is 0 Å². The van der Waals surface area contributed by atoms with Gasteiger partial charge in [-0.25, -0.2) is 9.79 Å². The van der Waals surface area contributed by atoms with Gasteiger partial charge in [-0.15, -0.1) is 0 Å². The highest BCUT2D eigenvalue weighted by Gasteiger charge is 2.50. The average molecular weight is 355 g/mol. The van der Waals surface area contributed by atoms with Gasteiger partial charge in [0.1, 0.15) is 0 Å². The van der Waals surface area contributed by atoms with Gasteiger partial charge >= 0.3 is 5.97 Å². The summed E-state index contributed by atoms with van der Waals surface area (Å²) in [4.78, 5) is 17.9. The molecule has 1 heterocycles. The largest absolute Gasteiger partial charge is 0.405 e. The highest BCUT2D eigenvalue weighted by molar-refractivity contribution is 6.08. The summed E-state index contributed by atoms with van der Waals surface area (Å²) in [5.74, 6) is 0.0261. The number of nitrogens with zero attached hydrogens (tertiary/aromatic N) is 1. The van der Waals surface area contributed by atoms with Crippen molar-refractivity contribution in [1.29, 1.82) is 0 Å². The van der Waals surface area contributed by atoms with Crippen LogP contribution >= 0.6 is 0 Å². The molecule has 0 radical (unpaired) electrons. The minimum atomic E-state index is -1.03. The van der Waals surface area contributed by atoms with Gasteiger partial charge in [-0.1, -0.05) is 80.6 Å². The Morgan fingerprint density at radius 1 is 0.778 bits per heavy atom. The van der Waals surface area contributed by atoms with E-state index in [0.29, 0.717) is 5.90 Å². The molecular formula is C24H21NO2. The number of hydrogen-bond acceptors (Lipinski definition) is 3. The molecule has 0 bridgehead atoms. The molecule has 4 rings (SSSR count).